The van der Waals surface area contributed by atoms with Crippen LogP contribution in [0.4, 0.5) is 0 Å². The number of carbonyl (C=O) groups excluding carboxylic acids is 1. The van der Waals surface area contributed by atoms with Gasteiger partial charge in [0.15, 0.2) is 0 Å². The lowest BCUT2D eigenvalue weighted by atomic mass is 10.1. The van der Waals surface area contributed by atoms with Crippen LogP contribution in [0.2, 0.25) is 0 Å². The van der Waals surface area contributed by atoms with Crippen LogP contribution in [0.15, 0.2) is 0 Å². The second-order valence-electron chi connectivity index (χ2n) is 4.34. The van der Waals surface area contributed by atoms with Crippen LogP contribution in [-0.2, 0) is 4.79 Å². The molecule has 2 atom stereocenters. The van der Waals surface area contributed by atoms with Crippen molar-refractivity contribution < 1.29 is 9.90 Å². The van der Waals surface area contributed by atoms with Gasteiger partial charge in [-0.15, -0.1) is 0 Å². The molecular formula is C11H22N2O2. The lowest BCUT2D eigenvalue weighted by molar-refractivity contribution is -0.118. The summed E-state index contributed by atoms with van der Waals surface area (Å²) in [5.74, 6) is -0.252. The van der Waals surface area contributed by atoms with Gasteiger partial charge in [-0.25, -0.2) is 0 Å². The number of nitrogens with two attached hydrogens (primary N) is 1. The number of carbonyl (C=O) groups is 1. The van der Waals surface area contributed by atoms with Crippen molar-refractivity contribution in [2.45, 2.75) is 57.1 Å². The maximum absolute atomic E-state index is 10.5. The first-order valence-electron chi connectivity index (χ1n) is 5.90. The Morgan fingerprint density at radius 3 is 2.80 bits per heavy atom. The highest BCUT2D eigenvalue weighted by atomic mass is 16.3. The Morgan fingerprint density at radius 2 is 2.07 bits per heavy atom. The predicted molar refractivity (Wildman–Crippen MR) is 59.3 cm³/mol. The molecule has 1 aliphatic rings. The molecule has 4 nitrogen and oxygen atoms in total. The molecule has 0 aromatic rings. The minimum atomic E-state index is -0.252. The van der Waals surface area contributed by atoms with Crippen molar-refractivity contribution in [2.75, 3.05) is 6.54 Å². The van der Waals surface area contributed by atoms with Gasteiger partial charge in [0, 0.05) is 12.5 Å². The zero-order valence-corrected chi connectivity index (χ0v) is 9.24. The second-order valence-corrected chi connectivity index (χ2v) is 4.34. The molecule has 4 heteroatoms. The quantitative estimate of drug-likeness (QED) is 0.462. The number of hydrogen-bond donors (Lipinski definition) is 3. The van der Waals surface area contributed by atoms with Gasteiger partial charge in [-0.3, -0.25) is 4.79 Å². The molecule has 0 bridgehead atoms. The standard InChI is InChI=1S/C11H22N2O2/c12-11(15)7-4-8-13-9-5-2-1-3-6-10(9)14/h9-10,13-14H,1-8H2,(H2,12,15). The lowest BCUT2D eigenvalue weighted by Crippen LogP contribution is -2.39. The third-order valence-electron chi connectivity index (χ3n) is 2.99. The zero-order chi connectivity index (χ0) is 11.1. The van der Waals surface area contributed by atoms with Gasteiger partial charge in [-0.1, -0.05) is 19.3 Å². The van der Waals surface area contributed by atoms with E-state index in [0.717, 1.165) is 32.2 Å². The van der Waals surface area contributed by atoms with E-state index in [1.807, 2.05) is 0 Å². The molecule has 0 heterocycles. The number of primary amides is 1. The summed E-state index contributed by atoms with van der Waals surface area (Å²) in [6, 6.07) is 0.209. The summed E-state index contributed by atoms with van der Waals surface area (Å²) in [6.07, 6.45) is 6.43. The normalized spacial score (nSPS) is 27.3. The van der Waals surface area contributed by atoms with Crippen LogP contribution < -0.4 is 11.1 Å². The maximum Gasteiger partial charge on any atom is 0.217 e. The molecule has 1 amide bonds. The zero-order valence-electron chi connectivity index (χ0n) is 9.24. The fourth-order valence-electron chi connectivity index (χ4n) is 2.08. The fraction of sp³-hybridized carbons (Fsp3) is 0.909. The van der Waals surface area contributed by atoms with E-state index in [1.165, 1.54) is 12.8 Å². The first-order chi connectivity index (χ1) is 7.20. The van der Waals surface area contributed by atoms with E-state index < -0.39 is 0 Å². The monoisotopic (exact) mass is 214 g/mol. The van der Waals surface area contributed by atoms with Gasteiger partial charge < -0.3 is 16.2 Å². The molecule has 1 fully saturated rings. The van der Waals surface area contributed by atoms with E-state index in [1.54, 1.807) is 0 Å². The van der Waals surface area contributed by atoms with Crippen molar-refractivity contribution in [3.8, 4) is 0 Å². The van der Waals surface area contributed by atoms with Crippen LogP contribution in [0.1, 0.15) is 44.9 Å². The van der Waals surface area contributed by atoms with E-state index in [9.17, 15) is 9.90 Å². The molecule has 0 aromatic carbocycles. The molecule has 1 saturated carbocycles. The van der Waals surface area contributed by atoms with Gasteiger partial charge in [-0.05, 0) is 25.8 Å². The van der Waals surface area contributed by atoms with Crippen LogP contribution >= 0.6 is 0 Å². The molecule has 0 aromatic heterocycles. The van der Waals surface area contributed by atoms with Crippen molar-refractivity contribution >= 4 is 5.91 Å². The van der Waals surface area contributed by atoms with E-state index in [2.05, 4.69) is 5.32 Å². The Hall–Kier alpha value is -0.610. The Balaban J connectivity index is 2.15. The highest BCUT2D eigenvalue weighted by molar-refractivity contribution is 5.73. The van der Waals surface area contributed by atoms with E-state index in [-0.39, 0.29) is 18.1 Å². The molecule has 2 unspecified atom stereocenters. The number of aliphatic hydroxyl groups is 1. The smallest absolute Gasteiger partial charge is 0.217 e. The number of aliphatic hydroxyl groups excluding tert-OH is 1. The van der Waals surface area contributed by atoms with Gasteiger partial charge in [-0.2, -0.15) is 0 Å². The molecule has 1 rings (SSSR count). The third kappa shape index (κ3) is 5.14. The molecular weight excluding hydrogens is 192 g/mol. The molecule has 88 valence electrons. The predicted octanol–water partition coefficient (Wildman–Crippen LogP) is 0.535. The van der Waals surface area contributed by atoms with Crippen LogP contribution in [0, 0.1) is 0 Å². The van der Waals surface area contributed by atoms with E-state index in [4.69, 9.17) is 5.73 Å². The summed E-state index contributed by atoms with van der Waals surface area (Å²) in [5.41, 5.74) is 5.05. The second kappa shape index (κ2) is 6.80. The minimum Gasteiger partial charge on any atom is -0.392 e. The summed E-state index contributed by atoms with van der Waals surface area (Å²) in [7, 11) is 0. The summed E-state index contributed by atoms with van der Waals surface area (Å²) >= 11 is 0. The summed E-state index contributed by atoms with van der Waals surface area (Å²) in [5, 5.41) is 13.1. The topological polar surface area (TPSA) is 75.4 Å². The maximum atomic E-state index is 10.5. The Morgan fingerprint density at radius 1 is 1.33 bits per heavy atom. The van der Waals surface area contributed by atoms with Crippen LogP contribution in [0.5, 0.6) is 0 Å². The van der Waals surface area contributed by atoms with Crippen molar-refractivity contribution in [3.05, 3.63) is 0 Å². The van der Waals surface area contributed by atoms with E-state index >= 15 is 0 Å². The highest BCUT2D eigenvalue weighted by Gasteiger charge is 2.20. The fourth-order valence-corrected chi connectivity index (χ4v) is 2.08. The van der Waals surface area contributed by atoms with Crippen molar-refractivity contribution in [1.29, 1.82) is 0 Å². The van der Waals surface area contributed by atoms with Crippen LogP contribution in [-0.4, -0.2) is 29.7 Å². The number of hydrogen-bond acceptors (Lipinski definition) is 3. The number of amides is 1. The number of rotatable bonds is 5. The average Bonchev–Trinajstić information content (AvgIpc) is 2.38. The van der Waals surface area contributed by atoms with Gasteiger partial charge in [0.1, 0.15) is 0 Å². The van der Waals surface area contributed by atoms with Crippen molar-refractivity contribution in [3.63, 3.8) is 0 Å². The third-order valence-corrected chi connectivity index (χ3v) is 2.99. The Kier molecular flexibility index (Phi) is 5.65. The summed E-state index contributed by atoms with van der Waals surface area (Å²) in [4.78, 5) is 10.5. The summed E-state index contributed by atoms with van der Waals surface area (Å²) < 4.78 is 0. The van der Waals surface area contributed by atoms with Crippen LogP contribution in [0.3, 0.4) is 0 Å². The Bertz CT molecular complexity index is 197. The van der Waals surface area contributed by atoms with Gasteiger partial charge in [0.05, 0.1) is 6.10 Å². The minimum absolute atomic E-state index is 0.209. The molecule has 1 aliphatic carbocycles. The van der Waals surface area contributed by atoms with Gasteiger partial charge in [0.25, 0.3) is 0 Å². The molecule has 0 saturated heterocycles. The van der Waals surface area contributed by atoms with Crippen molar-refractivity contribution in [1.82, 2.24) is 5.32 Å². The average molecular weight is 214 g/mol. The Labute approximate surface area is 91.2 Å². The molecule has 0 aliphatic heterocycles. The molecule has 15 heavy (non-hydrogen) atoms. The summed E-state index contributed by atoms with van der Waals surface area (Å²) in [6.45, 7) is 0.769. The number of nitrogens with one attached hydrogen (secondary N) is 1. The molecule has 4 N–H and O–H groups in total. The largest absolute Gasteiger partial charge is 0.392 e. The van der Waals surface area contributed by atoms with E-state index in [0.29, 0.717) is 6.42 Å². The first kappa shape index (κ1) is 12.5. The van der Waals surface area contributed by atoms with Crippen molar-refractivity contribution in [2.24, 2.45) is 5.73 Å². The first-order valence-corrected chi connectivity index (χ1v) is 5.90. The lowest BCUT2D eigenvalue weighted by Gasteiger charge is -2.21. The molecule has 0 radical (unpaired) electrons. The SMILES string of the molecule is NC(=O)CCCNC1CCCCCC1O. The van der Waals surface area contributed by atoms with Gasteiger partial charge >= 0.3 is 0 Å². The van der Waals surface area contributed by atoms with Crippen LogP contribution in [0.25, 0.3) is 0 Å². The van der Waals surface area contributed by atoms with Gasteiger partial charge in [0.2, 0.25) is 5.91 Å². The molecule has 0 spiro atoms. The highest BCUT2D eigenvalue weighted by Crippen LogP contribution is 2.17.